The first-order chi connectivity index (χ1) is 8.11. The van der Waals surface area contributed by atoms with Crippen molar-refractivity contribution >= 4 is 27.5 Å². The van der Waals surface area contributed by atoms with Crippen LogP contribution < -0.4 is 5.73 Å². The van der Waals surface area contributed by atoms with E-state index in [0.29, 0.717) is 15.6 Å². The van der Waals surface area contributed by atoms with Crippen LogP contribution in [0.2, 0.25) is 5.02 Å². The molecule has 88 valence electrons. The highest BCUT2D eigenvalue weighted by molar-refractivity contribution is 9.10. The summed E-state index contributed by atoms with van der Waals surface area (Å²) >= 11 is 8.95. The number of hydrogen-bond acceptors (Lipinski definition) is 3. The Labute approximate surface area is 111 Å². The number of nitrogens with zero attached hydrogens (tertiary/aromatic N) is 2. The summed E-state index contributed by atoms with van der Waals surface area (Å²) in [5.74, 6) is -0.530. The first-order valence-electron chi connectivity index (χ1n) is 4.75. The third-order valence-electron chi connectivity index (χ3n) is 2.34. The summed E-state index contributed by atoms with van der Waals surface area (Å²) in [4.78, 5) is 7.69. The van der Waals surface area contributed by atoms with Gasteiger partial charge >= 0.3 is 0 Å². The monoisotopic (exact) mass is 315 g/mol. The molecular formula is C11H8BrClFN3. The largest absolute Gasteiger partial charge is 0.320 e. The molecule has 17 heavy (non-hydrogen) atoms. The number of benzene rings is 1. The third-order valence-corrected chi connectivity index (χ3v) is 3.60. The predicted octanol–water partition coefficient (Wildman–Crippen LogP) is 3.08. The molecule has 2 rings (SSSR count). The van der Waals surface area contributed by atoms with E-state index < -0.39 is 11.9 Å². The van der Waals surface area contributed by atoms with E-state index in [9.17, 15) is 4.39 Å². The van der Waals surface area contributed by atoms with E-state index in [-0.39, 0.29) is 5.02 Å². The van der Waals surface area contributed by atoms with Gasteiger partial charge in [-0.3, -0.25) is 0 Å². The van der Waals surface area contributed by atoms with E-state index in [0.717, 1.165) is 0 Å². The molecule has 1 aromatic carbocycles. The van der Waals surface area contributed by atoms with Crippen molar-refractivity contribution in [2.24, 2.45) is 5.73 Å². The topological polar surface area (TPSA) is 51.8 Å². The van der Waals surface area contributed by atoms with Crippen LogP contribution in [0.4, 0.5) is 4.39 Å². The Hall–Kier alpha value is -1.04. The SMILES string of the molecule is NC(c1cncnc1)c1ccc(Br)c(Cl)c1F. The van der Waals surface area contributed by atoms with Crippen molar-refractivity contribution in [1.29, 1.82) is 0 Å². The second-order valence-electron chi connectivity index (χ2n) is 3.41. The van der Waals surface area contributed by atoms with E-state index in [1.165, 1.54) is 6.33 Å². The van der Waals surface area contributed by atoms with Crippen LogP contribution in [0.1, 0.15) is 17.2 Å². The molecule has 0 saturated heterocycles. The highest BCUT2D eigenvalue weighted by atomic mass is 79.9. The molecule has 0 radical (unpaired) electrons. The standard InChI is InChI=1S/C11H8BrClFN3/c12-8-2-1-7(10(14)9(8)13)11(15)6-3-16-5-17-4-6/h1-5,11H,15H2. The molecular weight excluding hydrogens is 308 g/mol. The Bertz CT molecular complexity index is 536. The normalized spacial score (nSPS) is 12.5. The molecule has 1 unspecified atom stereocenters. The van der Waals surface area contributed by atoms with Gasteiger partial charge in [0.2, 0.25) is 0 Å². The Morgan fingerprint density at radius 1 is 1.29 bits per heavy atom. The second-order valence-corrected chi connectivity index (χ2v) is 4.65. The van der Waals surface area contributed by atoms with Crippen molar-refractivity contribution in [1.82, 2.24) is 9.97 Å². The summed E-state index contributed by atoms with van der Waals surface area (Å²) in [7, 11) is 0. The van der Waals surface area contributed by atoms with Gasteiger partial charge in [-0.05, 0) is 22.0 Å². The lowest BCUT2D eigenvalue weighted by Crippen LogP contribution is -2.14. The molecule has 2 N–H and O–H groups in total. The fraction of sp³-hybridized carbons (Fsp3) is 0.0909. The molecule has 0 aliphatic rings. The molecule has 0 amide bonds. The van der Waals surface area contributed by atoms with Gasteiger partial charge in [0.25, 0.3) is 0 Å². The lowest BCUT2D eigenvalue weighted by molar-refractivity contribution is 0.598. The molecule has 0 fully saturated rings. The summed E-state index contributed by atoms with van der Waals surface area (Å²) in [6, 6.07) is 2.61. The molecule has 6 heteroatoms. The summed E-state index contributed by atoms with van der Waals surface area (Å²) in [6.45, 7) is 0. The lowest BCUT2D eigenvalue weighted by Gasteiger charge is -2.13. The maximum atomic E-state index is 13.9. The first-order valence-corrected chi connectivity index (χ1v) is 5.92. The summed E-state index contributed by atoms with van der Waals surface area (Å²) in [5, 5.41) is 0.0230. The van der Waals surface area contributed by atoms with E-state index in [1.807, 2.05) is 0 Å². The highest BCUT2D eigenvalue weighted by Gasteiger charge is 2.17. The van der Waals surface area contributed by atoms with Crippen molar-refractivity contribution in [3.63, 3.8) is 0 Å². The Balaban J connectivity index is 2.45. The van der Waals surface area contributed by atoms with Gasteiger partial charge in [-0.15, -0.1) is 0 Å². The average molecular weight is 317 g/mol. The molecule has 0 aliphatic carbocycles. The van der Waals surface area contributed by atoms with E-state index in [2.05, 4.69) is 25.9 Å². The highest BCUT2D eigenvalue weighted by Crippen LogP contribution is 2.31. The number of rotatable bonds is 2. The molecule has 0 spiro atoms. The molecule has 1 atom stereocenters. The van der Waals surface area contributed by atoms with Crippen LogP contribution in [0.5, 0.6) is 0 Å². The van der Waals surface area contributed by atoms with Gasteiger partial charge in [-0.25, -0.2) is 14.4 Å². The van der Waals surface area contributed by atoms with E-state index >= 15 is 0 Å². The van der Waals surface area contributed by atoms with E-state index in [1.54, 1.807) is 24.5 Å². The average Bonchev–Trinajstić information content (AvgIpc) is 2.36. The van der Waals surface area contributed by atoms with Gasteiger partial charge in [0.05, 0.1) is 11.1 Å². The van der Waals surface area contributed by atoms with Crippen molar-refractivity contribution in [3.8, 4) is 0 Å². The van der Waals surface area contributed by atoms with Gasteiger partial charge in [-0.1, -0.05) is 17.7 Å². The minimum atomic E-state index is -0.637. The van der Waals surface area contributed by atoms with Gasteiger partial charge < -0.3 is 5.73 Å². The van der Waals surface area contributed by atoms with Crippen LogP contribution in [0.3, 0.4) is 0 Å². The summed E-state index contributed by atoms with van der Waals surface area (Å²) in [5.41, 5.74) is 6.88. The number of halogens is 3. The van der Waals surface area contributed by atoms with Gasteiger partial charge in [0.1, 0.15) is 12.1 Å². The zero-order chi connectivity index (χ0) is 12.4. The zero-order valence-corrected chi connectivity index (χ0v) is 10.9. The van der Waals surface area contributed by atoms with Gasteiger partial charge in [0, 0.05) is 28.0 Å². The fourth-order valence-electron chi connectivity index (χ4n) is 1.43. The third kappa shape index (κ3) is 2.46. The maximum Gasteiger partial charge on any atom is 0.148 e. The number of nitrogens with two attached hydrogens (primary N) is 1. The summed E-state index contributed by atoms with van der Waals surface area (Å²) in [6.07, 6.45) is 4.49. The minimum Gasteiger partial charge on any atom is -0.320 e. The number of aromatic nitrogens is 2. The lowest BCUT2D eigenvalue weighted by atomic mass is 10.0. The Morgan fingerprint density at radius 2 is 1.94 bits per heavy atom. The van der Waals surface area contributed by atoms with Crippen molar-refractivity contribution < 1.29 is 4.39 Å². The molecule has 1 heterocycles. The van der Waals surface area contributed by atoms with Gasteiger partial charge in [0.15, 0.2) is 0 Å². The molecule has 2 aromatic rings. The van der Waals surface area contributed by atoms with Crippen LogP contribution >= 0.6 is 27.5 Å². The van der Waals surface area contributed by atoms with Crippen LogP contribution in [0.25, 0.3) is 0 Å². The first kappa shape index (κ1) is 12.4. The zero-order valence-electron chi connectivity index (χ0n) is 8.57. The fourth-order valence-corrected chi connectivity index (χ4v) is 1.91. The number of hydrogen-bond donors (Lipinski definition) is 1. The van der Waals surface area contributed by atoms with Crippen molar-refractivity contribution in [3.05, 3.63) is 57.3 Å². The van der Waals surface area contributed by atoms with Crippen LogP contribution in [0.15, 0.2) is 35.3 Å². The molecule has 3 nitrogen and oxygen atoms in total. The Kier molecular flexibility index (Phi) is 3.71. The molecule has 0 aliphatic heterocycles. The second kappa shape index (κ2) is 5.08. The minimum absolute atomic E-state index is 0.0230. The smallest absolute Gasteiger partial charge is 0.148 e. The van der Waals surface area contributed by atoms with Crippen molar-refractivity contribution in [2.75, 3.05) is 0 Å². The van der Waals surface area contributed by atoms with Crippen molar-refractivity contribution in [2.45, 2.75) is 6.04 Å². The molecule has 1 aromatic heterocycles. The molecule has 0 bridgehead atoms. The quantitative estimate of drug-likeness (QED) is 0.866. The predicted molar refractivity (Wildman–Crippen MR) is 67.2 cm³/mol. The van der Waals surface area contributed by atoms with Gasteiger partial charge in [-0.2, -0.15) is 0 Å². The van der Waals surface area contributed by atoms with Crippen LogP contribution in [0, 0.1) is 5.82 Å². The van der Waals surface area contributed by atoms with Crippen LogP contribution in [-0.2, 0) is 0 Å². The van der Waals surface area contributed by atoms with E-state index in [4.69, 9.17) is 17.3 Å². The summed E-state index contributed by atoms with van der Waals surface area (Å²) < 4.78 is 14.4. The molecule has 0 saturated carbocycles. The Morgan fingerprint density at radius 3 is 2.59 bits per heavy atom. The van der Waals surface area contributed by atoms with Crippen LogP contribution in [-0.4, -0.2) is 9.97 Å². The maximum absolute atomic E-state index is 13.9.